The number of amides is 2. The van der Waals surface area contributed by atoms with Crippen molar-refractivity contribution in [3.8, 4) is 34.8 Å². The fourth-order valence-electron chi connectivity index (χ4n) is 8.40. The predicted molar refractivity (Wildman–Crippen MR) is 178 cm³/mol. The molecule has 6 atom stereocenters. The number of hydrogen-bond donors (Lipinski definition) is 3. The van der Waals surface area contributed by atoms with Crippen LogP contribution in [-0.2, 0) is 27.2 Å². The van der Waals surface area contributed by atoms with Gasteiger partial charge in [-0.2, -0.15) is 5.26 Å². The number of aromatic hydroxyl groups is 1. The van der Waals surface area contributed by atoms with Gasteiger partial charge in [0, 0.05) is 54.2 Å². The highest BCUT2D eigenvalue weighted by atomic mass is 16.7. The standard InChI is InChI=1S/C36H45N5O8/c1-16(2)9-27(43)39-19(5)36(45)38-14-26-29-22(33(49-20(6)42)18(4)34-35(29)48-15-47-34)12-24-30-28-21(10-17(3)32(46-8)31(28)44)11-23(40(30)7)25(13-37)41(24)26/h10,16,19,23-26,30,44H,9,11-12,14-15H2,1-8H3,(H,38,45)(H,39,43)/t19?,23-,24?,25-,26-,30+/m0/s1. The monoisotopic (exact) mass is 675 g/mol. The summed E-state index contributed by atoms with van der Waals surface area (Å²) in [7, 11) is 3.50. The summed E-state index contributed by atoms with van der Waals surface area (Å²) in [6.45, 7) is 10.6. The van der Waals surface area contributed by atoms with Crippen molar-refractivity contribution in [2.75, 3.05) is 27.5 Å². The number of phenolic OH excluding ortho intramolecular Hbond substituents is 1. The van der Waals surface area contributed by atoms with E-state index >= 15 is 0 Å². The van der Waals surface area contributed by atoms with Crippen molar-refractivity contribution in [3.05, 3.63) is 39.4 Å². The molecule has 13 nitrogen and oxygen atoms in total. The Balaban J connectivity index is 1.50. The van der Waals surface area contributed by atoms with Gasteiger partial charge in [-0.3, -0.25) is 24.2 Å². The lowest BCUT2D eigenvalue weighted by Crippen LogP contribution is -2.69. The van der Waals surface area contributed by atoms with E-state index in [0.29, 0.717) is 59.0 Å². The Hall–Kier alpha value is -4.54. The second kappa shape index (κ2) is 13.1. The number of rotatable bonds is 8. The SMILES string of the molecule is COc1c(C)cc2c(c1O)[C@H]1C3Cc4c(OC(C)=O)c(C)c5c(c4[C@H](CNC(=O)C(C)NC(=O)CC(C)C)N3[C@@H](C#N)[C@H](C2)N1C)OCO5. The highest BCUT2D eigenvalue weighted by Crippen LogP contribution is 2.58. The van der Waals surface area contributed by atoms with Crippen molar-refractivity contribution in [1.82, 2.24) is 20.4 Å². The van der Waals surface area contributed by atoms with Crippen LogP contribution in [-0.4, -0.2) is 84.4 Å². The van der Waals surface area contributed by atoms with Crippen molar-refractivity contribution < 1.29 is 38.4 Å². The van der Waals surface area contributed by atoms with E-state index in [-0.39, 0.29) is 48.9 Å². The third kappa shape index (κ3) is 5.70. The lowest BCUT2D eigenvalue weighted by molar-refractivity contribution is -0.132. The molecule has 2 aromatic carbocycles. The zero-order chi connectivity index (χ0) is 35.5. The molecule has 0 aliphatic carbocycles. The number of piperazine rings is 1. The number of carbonyl (C=O) groups excluding carboxylic acids is 3. The number of benzene rings is 2. The van der Waals surface area contributed by atoms with Crippen molar-refractivity contribution >= 4 is 17.8 Å². The van der Waals surface area contributed by atoms with E-state index < -0.39 is 30.1 Å². The van der Waals surface area contributed by atoms with Crippen LogP contribution in [0.15, 0.2) is 6.07 Å². The van der Waals surface area contributed by atoms with Crippen LogP contribution in [0.2, 0.25) is 0 Å². The Morgan fingerprint density at radius 3 is 2.47 bits per heavy atom. The van der Waals surface area contributed by atoms with E-state index in [1.165, 1.54) is 14.0 Å². The quantitative estimate of drug-likeness (QED) is 0.278. The van der Waals surface area contributed by atoms with Crippen LogP contribution in [0, 0.1) is 31.1 Å². The molecule has 1 saturated heterocycles. The fourth-order valence-corrected chi connectivity index (χ4v) is 8.40. The molecule has 6 rings (SSSR count). The number of phenols is 1. The molecule has 4 aliphatic rings. The normalized spacial score (nSPS) is 24.2. The zero-order valence-electron chi connectivity index (χ0n) is 29.3. The van der Waals surface area contributed by atoms with Crippen LogP contribution in [0.3, 0.4) is 0 Å². The van der Waals surface area contributed by atoms with Gasteiger partial charge in [-0.05, 0) is 57.7 Å². The molecule has 0 saturated carbocycles. The summed E-state index contributed by atoms with van der Waals surface area (Å²) >= 11 is 0. The van der Waals surface area contributed by atoms with E-state index in [4.69, 9.17) is 18.9 Å². The maximum absolute atomic E-state index is 13.5. The Kier molecular flexibility index (Phi) is 9.15. The van der Waals surface area contributed by atoms with Crippen molar-refractivity contribution in [2.24, 2.45) is 5.92 Å². The third-order valence-electron chi connectivity index (χ3n) is 10.3. The molecule has 1 fully saturated rings. The molecule has 3 N–H and O–H groups in total. The summed E-state index contributed by atoms with van der Waals surface area (Å²) in [5, 5.41) is 28.4. The molecule has 4 aliphatic heterocycles. The first-order chi connectivity index (χ1) is 23.3. The van der Waals surface area contributed by atoms with Gasteiger partial charge < -0.3 is 34.7 Å². The van der Waals surface area contributed by atoms with E-state index in [9.17, 15) is 24.8 Å². The molecule has 49 heavy (non-hydrogen) atoms. The average molecular weight is 676 g/mol. The minimum Gasteiger partial charge on any atom is -0.504 e. The summed E-state index contributed by atoms with van der Waals surface area (Å²) in [6.07, 6.45) is 1.15. The highest BCUT2D eigenvalue weighted by Gasteiger charge is 2.57. The number of hydrogen-bond acceptors (Lipinski definition) is 11. The predicted octanol–water partition coefficient (Wildman–Crippen LogP) is 3.11. The number of fused-ring (bicyclic) bond motifs is 9. The zero-order valence-corrected chi connectivity index (χ0v) is 29.3. The summed E-state index contributed by atoms with van der Waals surface area (Å²) in [6, 6.07) is 1.52. The molecular formula is C36H45N5O8. The van der Waals surface area contributed by atoms with Crippen LogP contribution in [0.5, 0.6) is 28.7 Å². The van der Waals surface area contributed by atoms with Crippen LogP contribution in [0.25, 0.3) is 0 Å². The van der Waals surface area contributed by atoms with Gasteiger partial charge in [0.1, 0.15) is 17.8 Å². The molecule has 2 unspecified atom stereocenters. The number of nitrogens with one attached hydrogen (secondary N) is 2. The summed E-state index contributed by atoms with van der Waals surface area (Å²) in [5.74, 6) is 0.791. The fraction of sp³-hybridized carbons (Fsp3) is 0.556. The minimum absolute atomic E-state index is 0.0381. The lowest BCUT2D eigenvalue weighted by atomic mass is 9.71. The number of nitriles is 1. The Labute approximate surface area is 286 Å². The molecule has 2 bridgehead atoms. The Morgan fingerprint density at radius 2 is 1.82 bits per heavy atom. The maximum Gasteiger partial charge on any atom is 0.308 e. The molecule has 2 amide bonds. The summed E-state index contributed by atoms with van der Waals surface area (Å²) < 4.78 is 23.5. The van der Waals surface area contributed by atoms with Crippen molar-refractivity contribution in [2.45, 2.75) is 97.1 Å². The van der Waals surface area contributed by atoms with Crippen LogP contribution >= 0.6 is 0 Å². The number of ether oxygens (including phenoxy) is 4. The van der Waals surface area contributed by atoms with Gasteiger partial charge in [-0.25, -0.2) is 0 Å². The lowest BCUT2D eigenvalue weighted by Gasteiger charge is -2.60. The second-order valence-electron chi connectivity index (χ2n) is 14.0. The number of nitrogens with zero attached hydrogens (tertiary/aromatic N) is 3. The van der Waals surface area contributed by atoms with E-state index in [0.717, 1.165) is 16.7 Å². The molecule has 262 valence electrons. The first kappa shape index (κ1) is 34.3. The van der Waals surface area contributed by atoms with Crippen LogP contribution < -0.4 is 29.6 Å². The van der Waals surface area contributed by atoms with Crippen molar-refractivity contribution in [1.29, 1.82) is 5.26 Å². The average Bonchev–Trinajstić information content (AvgIpc) is 3.52. The summed E-state index contributed by atoms with van der Waals surface area (Å²) in [4.78, 5) is 42.8. The second-order valence-corrected chi connectivity index (χ2v) is 14.0. The molecule has 0 spiro atoms. The largest absolute Gasteiger partial charge is 0.504 e. The van der Waals surface area contributed by atoms with E-state index in [1.807, 2.05) is 40.8 Å². The third-order valence-corrected chi connectivity index (χ3v) is 10.3. The van der Waals surface area contributed by atoms with Gasteiger partial charge in [0.05, 0.1) is 25.3 Å². The Bertz CT molecular complexity index is 1750. The van der Waals surface area contributed by atoms with Crippen LogP contribution in [0.1, 0.15) is 79.6 Å². The highest BCUT2D eigenvalue weighted by molar-refractivity contribution is 5.87. The molecule has 4 heterocycles. The number of methoxy groups -OCH3 is 1. The van der Waals surface area contributed by atoms with Crippen LogP contribution in [0.4, 0.5) is 0 Å². The van der Waals surface area contributed by atoms with Gasteiger partial charge in [-0.15, -0.1) is 0 Å². The molecule has 0 aromatic heterocycles. The van der Waals surface area contributed by atoms with E-state index in [2.05, 4.69) is 26.5 Å². The minimum atomic E-state index is -0.803. The Morgan fingerprint density at radius 1 is 1.10 bits per heavy atom. The maximum atomic E-state index is 13.5. The molecular weight excluding hydrogens is 630 g/mol. The van der Waals surface area contributed by atoms with Crippen molar-refractivity contribution in [3.63, 3.8) is 0 Å². The number of carbonyl (C=O) groups is 3. The molecule has 2 aromatic rings. The smallest absolute Gasteiger partial charge is 0.308 e. The number of esters is 1. The first-order valence-corrected chi connectivity index (χ1v) is 16.8. The topological polar surface area (TPSA) is 163 Å². The summed E-state index contributed by atoms with van der Waals surface area (Å²) in [5.41, 5.74) is 4.49. The number of likely N-dealkylation sites (N-methyl/N-ethyl adjacent to an activating group) is 1. The van der Waals surface area contributed by atoms with Gasteiger partial charge in [0.2, 0.25) is 18.6 Å². The molecule has 13 heteroatoms. The van der Waals surface area contributed by atoms with E-state index in [1.54, 1.807) is 6.92 Å². The van der Waals surface area contributed by atoms with Gasteiger partial charge >= 0.3 is 5.97 Å². The van der Waals surface area contributed by atoms with Gasteiger partial charge in [-0.1, -0.05) is 19.9 Å². The molecule has 0 radical (unpaired) electrons. The van der Waals surface area contributed by atoms with Gasteiger partial charge in [0.15, 0.2) is 23.0 Å². The van der Waals surface area contributed by atoms with Gasteiger partial charge in [0.25, 0.3) is 0 Å². The number of aryl methyl sites for hydroxylation is 1. The first-order valence-electron chi connectivity index (χ1n) is 16.8.